The van der Waals surface area contributed by atoms with Gasteiger partial charge in [-0.25, -0.2) is 4.39 Å². The van der Waals surface area contributed by atoms with Gasteiger partial charge in [0, 0.05) is 22.9 Å². The Kier molecular flexibility index (Phi) is 6.56. The smallest absolute Gasteiger partial charge is 0.131 e. The number of aromatic hydroxyl groups is 1. The molecule has 0 radical (unpaired) electrons. The number of pyridine rings is 1. The molecule has 0 aliphatic heterocycles. The van der Waals surface area contributed by atoms with Crippen LogP contribution in [0.2, 0.25) is 0 Å². The summed E-state index contributed by atoms with van der Waals surface area (Å²) in [5.74, 6) is -0.0788. The van der Waals surface area contributed by atoms with Gasteiger partial charge < -0.3 is 10.2 Å². The lowest BCUT2D eigenvalue weighted by Gasteiger charge is -2.06. The fraction of sp³-hybridized carbons (Fsp3) is 0.208. The highest BCUT2D eigenvalue weighted by atomic mass is 19.1. The van der Waals surface area contributed by atoms with Crippen molar-refractivity contribution in [2.45, 2.75) is 32.3 Å². The predicted octanol–water partition coefficient (Wildman–Crippen LogP) is 5.82. The standard InChI is InChI=1S/C24H24FNO2/c1-17(27)5-3-2-4-6-18-7-13-22(23(25)15-18)20-10-14-24(26-16-20)19-8-11-21(28)12-9-19/h4,6-17,27-28H,2-3,5H2,1H3. The molecule has 1 aromatic heterocycles. The van der Waals surface area contributed by atoms with Crippen LogP contribution in [0.15, 0.2) is 66.9 Å². The molecule has 0 amide bonds. The molecule has 144 valence electrons. The molecule has 0 aliphatic carbocycles. The first-order valence-corrected chi connectivity index (χ1v) is 9.43. The van der Waals surface area contributed by atoms with E-state index in [9.17, 15) is 14.6 Å². The number of nitrogens with zero attached hydrogens (tertiary/aromatic N) is 1. The Morgan fingerprint density at radius 3 is 2.43 bits per heavy atom. The summed E-state index contributed by atoms with van der Waals surface area (Å²) in [6.07, 6.45) is 7.83. The fourth-order valence-electron chi connectivity index (χ4n) is 2.98. The minimum absolute atomic E-state index is 0.208. The Bertz CT molecular complexity index is 932. The van der Waals surface area contributed by atoms with Crippen molar-refractivity contribution in [3.8, 4) is 28.1 Å². The van der Waals surface area contributed by atoms with Crippen molar-refractivity contribution in [3.63, 3.8) is 0 Å². The maximum atomic E-state index is 14.6. The Morgan fingerprint density at radius 1 is 1.04 bits per heavy atom. The van der Waals surface area contributed by atoms with E-state index in [4.69, 9.17) is 0 Å². The number of hydrogen-bond acceptors (Lipinski definition) is 3. The third kappa shape index (κ3) is 5.27. The maximum absolute atomic E-state index is 14.6. The van der Waals surface area contributed by atoms with Crippen LogP contribution in [0.3, 0.4) is 0 Å². The quantitative estimate of drug-likeness (QED) is 0.510. The van der Waals surface area contributed by atoms with Gasteiger partial charge in [0.05, 0.1) is 11.8 Å². The average Bonchev–Trinajstić information content (AvgIpc) is 2.68. The summed E-state index contributed by atoms with van der Waals surface area (Å²) in [5, 5.41) is 18.6. The zero-order chi connectivity index (χ0) is 19.9. The van der Waals surface area contributed by atoms with Crippen LogP contribution in [-0.4, -0.2) is 21.3 Å². The maximum Gasteiger partial charge on any atom is 0.131 e. The first-order valence-electron chi connectivity index (χ1n) is 9.43. The van der Waals surface area contributed by atoms with Gasteiger partial charge in [0.2, 0.25) is 0 Å². The zero-order valence-corrected chi connectivity index (χ0v) is 15.8. The molecular weight excluding hydrogens is 353 g/mol. The molecule has 3 nitrogen and oxygen atoms in total. The van der Waals surface area contributed by atoms with Crippen molar-refractivity contribution in [2.24, 2.45) is 0 Å². The topological polar surface area (TPSA) is 53.4 Å². The Labute approximate surface area is 164 Å². The minimum atomic E-state index is -0.287. The van der Waals surface area contributed by atoms with Crippen molar-refractivity contribution in [1.82, 2.24) is 4.98 Å². The fourth-order valence-corrected chi connectivity index (χ4v) is 2.98. The second-order valence-corrected chi connectivity index (χ2v) is 6.90. The summed E-state index contributed by atoms with van der Waals surface area (Å²) in [5.41, 5.74) is 3.69. The summed E-state index contributed by atoms with van der Waals surface area (Å²) in [7, 11) is 0. The Hall–Kier alpha value is -2.98. The van der Waals surface area contributed by atoms with Crippen molar-refractivity contribution in [2.75, 3.05) is 0 Å². The van der Waals surface area contributed by atoms with Gasteiger partial charge in [0.1, 0.15) is 11.6 Å². The largest absolute Gasteiger partial charge is 0.508 e. The highest BCUT2D eigenvalue weighted by molar-refractivity contribution is 5.69. The molecular formula is C24H24FNO2. The molecule has 3 rings (SSSR count). The van der Waals surface area contributed by atoms with Gasteiger partial charge in [-0.05, 0) is 68.1 Å². The Morgan fingerprint density at radius 2 is 1.79 bits per heavy atom. The molecule has 0 fully saturated rings. The number of allylic oxidation sites excluding steroid dienone is 1. The summed E-state index contributed by atoms with van der Waals surface area (Å²) >= 11 is 0. The molecule has 28 heavy (non-hydrogen) atoms. The van der Waals surface area contributed by atoms with E-state index in [1.165, 1.54) is 6.07 Å². The zero-order valence-electron chi connectivity index (χ0n) is 15.8. The summed E-state index contributed by atoms with van der Waals surface area (Å²) in [6, 6.07) is 15.7. The van der Waals surface area contributed by atoms with Gasteiger partial charge in [-0.2, -0.15) is 0 Å². The molecule has 0 spiro atoms. The second kappa shape index (κ2) is 9.29. The third-order valence-electron chi connectivity index (χ3n) is 4.53. The summed E-state index contributed by atoms with van der Waals surface area (Å²) in [4.78, 5) is 4.42. The number of hydrogen-bond donors (Lipinski definition) is 2. The predicted molar refractivity (Wildman–Crippen MR) is 111 cm³/mol. The number of phenols is 1. The lowest BCUT2D eigenvalue weighted by molar-refractivity contribution is 0.182. The lowest BCUT2D eigenvalue weighted by atomic mass is 10.0. The first kappa shape index (κ1) is 19.8. The van der Waals surface area contributed by atoms with E-state index in [2.05, 4.69) is 4.98 Å². The number of rotatable bonds is 7. The SMILES string of the molecule is CC(O)CCCC=Cc1ccc(-c2ccc(-c3ccc(O)cc3)nc2)c(F)c1. The third-order valence-corrected chi connectivity index (χ3v) is 4.53. The van der Waals surface area contributed by atoms with Crippen molar-refractivity contribution < 1.29 is 14.6 Å². The first-order chi connectivity index (χ1) is 13.5. The Balaban J connectivity index is 1.70. The number of aromatic nitrogens is 1. The molecule has 0 saturated heterocycles. The number of aliphatic hydroxyl groups is 1. The highest BCUT2D eigenvalue weighted by Crippen LogP contribution is 2.26. The van der Waals surface area contributed by atoms with E-state index in [0.717, 1.165) is 36.1 Å². The highest BCUT2D eigenvalue weighted by Gasteiger charge is 2.07. The molecule has 2 N–H and O–H groups in total. The van der Waals surface area contributed by atoms with Gasteiger partial charge in [0.15, 0.2) is 0 Å². The van der Waals surface area contributed by atoms with Crippen LogP contribution in [0.25, 0.3) is 28.5 Å². The summed E-state index contributed by atoms with van der Waals surface area (Å²) in [6.45, 7) is 1.78. The number of halogens is 1. The van der Waals surface area contributed by atoms with E-state index in [-0.39, 0.29) is 17.7 Å². The van der Waals surface area contributed by atoms with Crippen LogP contribution in [0.5, 0.6) is 5.75 Å². The van der Waals surface area contributed by atoms with Crippen LogP contribution in [0.4, 0.5) is 4.39 Å². The minimum Gasteiger partial charge on any atom is -0.508 e. The van der Waals surface area contributed by atoms with Crippen LogP contribution >= 0.6 is 0 Å². The molecule has 1 atom stereocenters. The molecule has 0 bridgehead atoms. The van der Waals surface area contributed by atoms with Gasteiger partial charge >= 0.3 is 0 Å². The van der Waals surface area contributed by atoms with Gasteiger partial charge in [-0.15, -0.1) is 0 Å². The normalized spacial score (nSPS) is 12.4. The number of aliphatic hydroxyl groups excluding tert-OH is 1. The summed E-state index contributed by atoms with van der Waals surface area (Å²) < 4.78 is 14.6. The lowest BCUT2D eigenvalue weighted by Crippen LogP contribution is -1.97. The van der Waals surface area contributed by atoms with Crippen molar-refractivity contribution in [3.05, 3.63) is 78.3 Å². The monoisotopic (exact) mass is 377 g/mol. The molecule has 0 saturated carbocycles. The van der Waals surface area contributed by atoms with E-state index >= 15 is 0 Å². The second-order valence-electron chi connectivity index (χ2n) is 6.90. The molecule has 3 aromatic rings. The van der Waals surface area contributed by atoms with E-state index in [0.29, 0.717) is 11.1 Å². The number of benzene rings is 2. The molecule has 4 heteroatoms. The van der Waals surface area contributed by atoms with E-state index in [1.807, 2.05) is 30.4 Å². The van der Waals surface area contributed by atoms with Crippen LogP contribution in [0.1, 0.15) is 31.7 Å². The number of unbranched alkanes of at least 4 members (excludes halogenated alkanes) is 1. The van der Waals surface area contributed by atoms with Crippen LogP contribution in [0, 0.1) is 5.82 Å². The van der Waals surface area contributed by atoms with Gasteiger partial charge in [-0.1, -0.05) is 30.4 Å². The van der Waals surface area contributed by atoms with Crippen molar-refractivity contribution >= 4 is 6.08 Å². The van der Waals surface area contributed by atoms with E-state index in [1.54, 1.807) is 43.5 Å². The van der Waals surface area contributed by atoms with Crippen LogP contribution < -0.4 is 0 Å². The molecule has 2 aromatic carbocycles. The van der Waals surface area contributed by atoms with Crippen LogP contribution in [-0.2, 0) is 0 Å². The average molecular weight is 377 g/mol. The molecule has 1 unspecified atom stereocenters. The van der Waals surface area contributed by atoms with Crippen molar-refractivity contribution in [1.29, 1.82) is 0 Å². The van der Waals surface area contributed by atoms with Gasteiger partial charge in [-0.3, -0.25) is 4.98 Å². The van der Waals surface area contributed by atoms with Gasteiger partial charge in [0.25, 0.3) is 0 Å². The molecule has 1 heterocycles. The number of phenolic OH excluding ortho intramolecular Hbond substituents is 1. The molecule has 0 aliphatic rings. The van der Waals surface area contributed by atoms with E-state index < -0.39 is 0 Å².